The first kappa shape index (κ1) is 15.7. The number of nitrogens with one attached hydrogen (secondary N) is 1. The zero-order valence-corrected chi connectivity index (χ0v) is 11.3. The summed E-state index contributed by atoms with van der Waals surface area (Å²) in [5, 5.41) is 3.48. The summed E-state index contributed by atoms with van der Waals surface area (Å²) in [7, 11) is 0. The maximum absolute atomic E-state index is 3.72. The molecule has 0 aromatic heterocycles. The second-order valence-electron chi connectivity index (χ2n) is 4.66. The van der Waals surface area contributed by atoms with Gasteiger partial charge in [-0.05, 0) is 32.4 Å². The fourth-order valence-electron chi connectivity index (χ4n) is 1.88. The van der Waals surface area contributed by atoms with Crippen molar-refractivity contribution in [1.29, 1.82) is 0 Å². The van der Waals surface area contributed by atoms with E-state index in [-0.39, 0.29) is 0 Å². The third-order valence-electron chi connectivity index (χ3n) is 2.97. The van der Waals surface area contributed by atoms with E-state index in [2.05, 4.69) is 18.8 Å². The summed E-state index contributed by atoms with van der Waals surface area (Å²) < 4.78 is 0. The predicted molar refractivity (Wildman–Crippen MR) is 74.9 cm³/mol. The number of hydrogen-bond donors (Lipinski definition) is 1. The van der Waals surface area contributed by atoms with E-state index in [0.717, 1.165) is 13.0 Å². The average Bonchev–Trinajstić information content (AvgIpc) is 2.31. The van der Waals surface area contributed by atoms with Crippen molar-refractivity contribution < 1.29 is 0 Å². The van der Waals surface area contributed by atoms with Crippen molar-refractivity contribution in [3.05, 3.63) is 12.7 Å². The third kappa shape index (κ3) is 13.7. The third-order valence-corrected chi connectivity index (χ3v) is 2.97. The Morgan fingerprint density at radius 2 is 1.38 bits per heavy atom. The van der Waals surface area contributed by atoms with Crippen molar-refractivity contribution >= 4 is 0 Å². The highest BCUT2D eigenvalue weighted by molar-refractivity contribution is 4.66. The van der Waals surface area contributed by atoms with Crippen LogP contribution in [0.25, 0.3) is 0 Å². The number of allylic oxidation sites excluding steroid dienone is 1. The van der Waals surface area contributed by atoms with Crippen molar-refractivity contribution in [3.63, 3.8) is 0 Å². The summed E-state index contributed by atoms with van der Waals surface area (Å²) in [4.78, 5) is 0. The van der Waals surface area contributed by atoms with Gasteiger partial charge in [-0.15, -0.1) is 6.58 Å². The van der Waals surface area contributed by atoms with Crippen molar-refractivity contribution in [3.8, 4) is 0 Å². The Morgan fingerprint density at radius 3 is 2.00 bits per heavy atom. The Balaban J connectivity index is 2.85. The van der Waals surface area contributed by atoms with Crippen LogP contribution in [0.4, 0.5) is 0 Å². The Hall–Kier alpha value is -0.300. The van der Waals surface area contributed by atoms with Gasteiger partial charge in [0.05, 0.1) is 0 Å². The van der Waals surface area contributed by atoms with Crippen LogP contribution in [0.15, 0.2) is 12.7 Å². The standard InChI is InChI=1S/C15H31N/c1-3-5-7-8-9-10-11-13-15-16-14-12-6-4-2/h4,16H,2-3,5-15H2,1H3. The van der Waals surface area contributed by atoms with Gasteiger partial charge in [0.25, 0.3) is 0 Å². The zero-order valence-electron chi connectivity index (χ0n) is 11.3. The van der Waals surface area contributed by atoms with E-state index >= 15 is 0 Å². The quantitative estimate of drug-likeness (QED) is 0.354. The molecular weight excluding hydrogens is 194 g/mol. The largest absolute Gasteiger partial charge is 0.317 e. The predicted octanol–water partition coefficient (Wildman–Crippen LogP) is 4.68. The van der Waals surface area contributed by atoms with Crippen LogP contribution in [0.3, 0.4) is 0 Å². The first-order valence-corrected chi connectivity index (χ1v) is 7.23. The van der Waals surface area contributed by atoms with Crippen molar-refractivity contribution in [2.45, 2.75) is 71.1 Å². The molecule has 0 bridgehead atoms. The zero-order chi connectivity index (χ0) is 11.9. The second-order valence-corrected chi connectivity index (χ2v) is 4.66. The van der Waals surface area contributed by atoms with Gasteiger partial charge in [0.15, 0.2) is 0 Å². The second kappa shape index (κ2) is 14.7. The molecule has 0 aliphatic rings. The van der Waals surface area contributed by atoms with Gasteiger partial charge in [-0.2, -0.15) is 0 Å². The van der Waals surface area contributed by atoms with Crippen LogP contribution in [-0.2, 0) is 0 Å². The summed E-state index contributed by atoms with van der Waals surface area (Å²) >= 11 is 0. The Morgan fingerprint density at radius 1 is 0.812 bits per heavy atom. The minimum atomic E-state index is 1.14. The van der Waals surface area contributed by atoms with Gasteiger partial charge in [-0.25, -0.2) is 0 Å². The number of unbranched alkanes of at least 4 members (excludes halogenated alkanes) is 8. The van der Waals surface area contributed by atoms with E-state index in [1.54, 1.807) is 0 Å². The molecular formula is C15H31N. The van der Waals surface area contributed by atoms with Crippen LogP contribution in [0, 0.1) is 0 Å². The van der Waals surface area contributed by atoms with E-state index in [0.29, 0.717) is 0 Å². The lowest BCUT2D eigenvalue weighted by atomic mass is 10.1. The SMILES string of the molecule is C=CCCCNCCCCCCCCCC. The van der Waals surface area contributed by atoms with Crippen molar-refractivity contribution in [1.82, 2.24) is 5.32 Å². The molecule has 0 atom stereocenters. The van der Waals surface area contributed by atoms with Gasteiger partial charge in [-0.3, -0.25) is 0 Å². The molecule has 0 saturated heterocycles. The molecule has 0 spiro atoms. The molecule has 0 amide bonds. The van der Waals surface area contributed by atoms with Gasteiger partial charge >= 0.3 is 0 Å². The average molecular weight is 225 g/mol. The van der Waals surface area contributed by atoms with Crippen molar-refractivity contribution in [2.75, 3.05) is 13.1 Å². The number of hydrogen-bond acceptors (Lipinski definition) is 1. The monoisotopic (exact) mass is 225 g/mol. The molecule has 96 valence electrons. The maximum atomic E-state index is 3.72. The van der Waals surface area contributed by atoms with Gasteiger partial charge in [0.2, 0.25) is 0 Å². The normalized spacial score (nSPS) is 10.6. The minimum Gasteiger partial charge on any atom is -0.317 e. The molecule has 1 heteroatoms. The van der Waals surface area contributed by atoms with Crippen LogP contribution in [0.5, 0.6) is 0 Å². The smallest absolute Gasteiger partial charge is 0.00460 e. The fraction of sp³-hybridized carbons (Fsp3) is 0.867. The van der Waals surface area contributed by atoms with Crippen LogP contribution in [-0.4, -0.2) is 13.1 Å². The molecule has 16 heavy (non-hydrogen) atoms. The lowest BCUT2D eigenvalue weighted by Crippen LogP contribution is -2.16. The molecule has 0 radical (unpaired) electrons. The van der Waals surface area contributed by atoms with Gasteiger partial charge in [0.1, 0.15) is 0 Å². The van der Waals surface area contributed by atoms with Gasteiger partial charge < -0.3 is 5.32 Å². The first-order valence-electron chi connectivity index (χ1n) is 7.23. The van der Waals surface area contributed by atoms with Crippen molar-refractivity contribution in [2.24, 2.45) is 0 Å². The Kier molecular flexibility index (Phi) is 14.4. The molecule has 0 fully saturated rings. The van der Waals surface area contributed by atoms with Gasteiger partial charge in [0, 0.05) is 0 Å². The molecule has 1 nitrogen and oxygen atoms in total. The lowest BCUT2D eigenvalue weighted by Gasteiger charge is -2.03. The van der Waals surface area contributed by atoms with E-state index in [9.17, 15) is 0 Å². The van der Waals surface area contributed by atoms with E-state index in [1.807, 2.05) is 6.08 Å². The molecule has 1 N–H and O–H groups in total. The molecule has 0 rings (SSSR count). The topological polar surface area (TPSA) is 12.0 Å². The van der Waals surface area contributed by atoms with E-state index in [4.69, 9.17) is 0 Å². The Labute approximate surface area is 103 Å². The Bertz CT molecular complexity index is 131. The van der Waals surface area contributed by atoms with Gasteiger partial charge in [-0.1, -0.05) is 57.9 Å². The summed E-state index contributed by atoms with van der Waals surface area (Å²) in [5.74, 6) is 0. The van der Waals surface area contributed by atoms with E-state index < -0.39 is 0 Å². The highest BCUT2D eigenvalue weighted by Gasteiger charge is 1.91. The van der Waals surface area contributed by atoms with Crippen LogP contribution in [0.1, 0.15) is 71.1 Å². The maximum Gasteiger partial charge on any atom is -0.00460 e. The number of rotatable bonds is 13. The molecule has 0 unspecified atom stereocenters. The molecule has 0 aromatic carbocycles. The van der Waals surface area contributed by atoms with E-state index in [1.165, 1.54) is 64.3 Å². The summed E-state index contributed by atoms with van der Waals surface area (Å²) in [6.45, 7) is 8.35. The van der Waals surface area contributed by atoms with Crippen LogP contribution >= 0.6 is 0 Å². The summed E-state index contributed by atoms with van der Waals surface area (Å²) in [5.41, 5.74) is 0. The first-order chi connectivity index (χ1) is 7.91. The molecule has 0 aliphatic heterocycles. The molecule has 0 aromatic rings. The highest BCUT2D eigenvalue weighted by Crippen LogP contribution is 2.07. The minimum absolute atomic E-state index is 1.14. The van der Waals surface area contributed by atoms with Crippen LogP contribution < -0.4 is 5.32 Å². The molecule has 0 aliphatic carbocycles. The summed E-state index contributed by atoms with van der Waals surface area (Å²) in [6, 6.07) is 0. The highest BCUT2D eigenvalue weighted by atomic mass is 14.8. The summed E-state index contributed by atoms with van der Waals surface area (Å²) in [6.07, 6.45) is 15.7. The lowest BCUT2D eigenvalue weighted by molar-refractivity contribution is 0.552. The van der Waals surface area contributed by atoms with Crippen LogP contribution in [0.2, 0.25) is 0 Å². The molecule has 0 heterocycles. The fourth-order valence-corrected chi connectivity index (χ4v) is 1.88. The molecule has 0 saturated carbocycles.